The van der Waals surface area contributed by atoms with Crippen LogP contribution < -0.4 is 0 Å². The molecule has 0 saturated carbocycles. The van der Waals surface area contributed by atoms with Crippen molar-refractivity contribution < 1.29 is 19.7 Å². The van der Waals surface area contributed by atoms with E-state index < -0.39 is 0 Å². The lowest BCUT2D eigenvalue weighted by molar-refractivity contribution is -0.141. The zero-order chi connectivity index (χ0) is 21.0. The molecule has 0 aromatic carbocycles. The Balaban J connectivity index is -0.000000187. The van der Waals surface area contributed by atoms with Crippen molar-refractivity contribution in [1.82, 2.24) is 0 Å². The first-order valence-electron chi connectivity index (χ1n) is 9.93. The molecule has 4 heteroatoms. The lowest BCUT2D eigenvalue weighted by Crippen LogP contribution is -1.99. The van der Waals surface area contributed by atoms with E-state index in [4.69, 9.17) is 14.9 Å². The average molecular weight is 399 g/mol. The summed E-state index contributed by atoms with van der Waals surface area (Å²) in [4.78, 5) is 10.4. The second kappa shape index (κ2) is 36.3. The maximum atomic E-state index is 10.4. The van der Waals surface area contributed by atoms with Crippen LogP contribution in [0.2, 0.25) is 0 Å². The molecule has 0 rings (SSSR count). The predicted molar refractivity (Wildman–Crippen MR) is 123 cm³/mol. The van der Waals surface area contributed by atoms with E-state index in [1.165, 1.54) is 32.6 Å². The van der Waals surface area contributed by atoms with Gasteiger partial charge in [0.15, 0.2) is 0 Å². The topological polar surface area (TPSA) is 66.8 Å². The second-order valence-corrected chi connectivity index (χ2v) is 5.80. The summed E-state index contributed by atoms with van der Waals surface area (Å²) in [5.74, 6) is -0.182. The number of unbranched alkanes of at least 4 members (excludes halogenated alkanes) is 8. The molecule has 0 bridgehead atoms. The third-order valence-corrected chi connectivity index (χ3v) is 3.39. The lowest BCUT2D eigenvalue weighted by atomic mass is 10.1. The third kappa shape index (κ3) is 44.1. The minimum Gasteiger partial charge on any atom is -0.466 e. The maximum absolute atomic E-state index is 10.4. The Kier molecular flexibility index (Phi) is 43.9. The van der Waals surface area contributed by atoms with Gasteiger partial charge in [-0.05, 0) is 38.5 Å². The average Bonchev–Trinajstić information content (AvgIpc) is 2.68. The van der Waals surface area contributed by atoms with Crippen LogP contribution in [-0.2, 0) is 9.53 Å². The normalized spacial score (nSPS) is 9.57. The van der Waals surface area contributed by atoms with E-state index in [-0.39, 0.29) is 13.4 Å². The first-order chi connectivity index (χ1) is 13.2. The molecule has 0 spiro atoms. The fourth-order valence-corrected chi connectivity index (χ4v) is 2.05. The van der Waals surface area contributed by atoms with E-state index in [0.717, 1.165) is 45.6 Å². The van der Waals surface area contributed by atoms with Gasteiger partial charge in [-0.15, -0.1) is 0 Å². The van der Waals surface area contributed by atoms with Gasteiger partial charge in [0.2, 0.25) is 0 Å². The van der Waals surface area contributed by atoms with Crippen LogP contribution in [0.3, 0.4) is 0 Å². The zero-order valence-electron chi connectivity index (χ0n) is 17.6. The van der Waals surface area contributed by atoms with Crippen molar-refractivity contribution in [1.29, 1.82) is 0 Å². The summed E-state index contributed by atoms with van der Waals surface area (Å²) in [6.07, 6.45) is 23.1. The number of aliphatic hydroxyl groups is 2. The lowest BCUT2D eigenvalue weighted by Gasteiger charge is -2.00. The Morgan fingerprint density at radius 1 is 0.821 bits per heavy atom. The molecule has 2 N–H and O–H groups in total. The van der Waals surface area contributed by atoms with Crippen molar-refractivity contribution in [2.75, 3.05) is 20.3 Å². The van der Waals surface area contributed by atoms with Crippen LogP contribution in [0, 0.1) is 0 Å². The van der Waals surface area contributed by atoms with Gasteiger partial charge < -0.3 is 14.9 Å². The smallest absolute Gasteiger partial charge is 0.302 e. The summed E-state index contributed by atoms with van der Waals surface area (Å²) >= 11 is 0. The van der Waals surface area contributed by atoms with Gasteiger partial charge in [-0.3, -0.25) is 4.79 Å². The van der Waals surface area contributed by atoms with Crippen LogP contribution in [0.1, 0.15) is 78.6 Å². The molecule has 0 radical (unpaired) electrons. The van der Waals surface area contributed by atoms with Crippen LogP contribution in [0.5, 0.6) is 0 Å². The Bertz CT molecular complexity index is 360. The monoisotopic (exact) mass is 398 g/mol. The number of carbonyl (C=O) groups excluding carboxylic acids is 1. The van der Waals surface area contributed by atoms with Gasteiger partial charge in [-0.2, -0.15) is 0 Å². The molecule has 0 aromatic rings. The summed E-state index contributed by atoms with van der Waals surface area (Å²) in [7, 11) is 1.00. The molecular weight excluding hydrogens is 352 g/mol. The molecule has 4 nitrogen and oxygen atoms in total. The van der Waals surface area contributed by atoms with E-state index in [1.54, 1.807) is 12.2 Å². The molecule has 0 aliphatic rings. The standard InChI is InChI=1S/C12H20O2.C10H18O.CH4O.CH4/c1-3-4-5-6-7-8-9-10-11-14-12(2)13;1-2-3-4-5-6-7-8-9-10-11;1-2;/h3-5H,1,6-11H2,2H3;2-4,11H,1,5-10H2;2H,1H3;1H4/b5-4-;4-3-;;. The largest absolute Gasteiger partial charge is 0.466 e. The number of allylic oxidation sites excluding steroid dienone is 6. The highest BCUT2D eigenvalue weighted by Crippen LogP contribution is 2.04. The van der Waals surface area contributed by atoms with Crippen LogP contribution >= 0.6 is 0 Å². The van der Waals surface area contributed by atoms with E-state index in [2.05, 4.69) is 25.3 Å². The fourth-order valence-electron chi connectivity index (χ4n) is 2.05. The summed E-state index contributed by atoms with van der Waals surface area (Å²) in [6, 6.07) is 0. The Hall–Kier alpha value is -1.65. The van der Waals surface area contributed by atoms with Crippen LogP contribution in [0.15, 0.2) is 49.6 Å². The Labute approximate surface area is 174 Å². The Morgan fingerprint density at radius 3 is 1.64 bits per heavy atom. The molecule has 0 amide bonds. The van der Waals surface area contributed by atoms with Gasteiger partial charge in [0.1, 0.15) is 0 Å². The number of hydrogen-bond acceptors (Lipinski definition) is 4. The minimum atomic E-state index is -0.182. The molecule has 0 aromatic heterocycles. The second-order valence-electron chi connectivity index (χ2n) is 5.80. The number of carbonyl (C=O) groups is 1. The van der Waals surface area contributed by atoms with Crippen LogP contribution in [-0.4, -0.2) is 36.5 Å². The van der Waals surface area contributed by atoms with E-state index in [1.807, 2.05) is 12.2 Å². The van der Waals surface area contributed by atoms with Crippen molar-refractivity contribution in [2.24, 2.45) is 0 Å². The van der Waals surface area contributed by atoms with E-state index >= 15 is 0 Å². The van der Waals surface area contributed by atoms with Crippen molar-refractivity contribution in [3.63, 3.8) is 0 Å². The van der Waals surface area contributed by atoms with Crippen LogP contribution in [0.4, 0.5) is 0 Å². The van der Waals surface area contributed by atoms with Gasteiger partial charge in [-0.25, -0.2) is 0 Å². The van der Waals surface area contributed by atoms with Crippen molar-refractivity contribution in [2.45, 2.75) is 78.6 Å². The summed E-state index contributed by atoms with van der Waals surface area (Å²) in [6.45, 7) is 9.54. The maximum Gasteiger partial charge on any atom is 0.302 e. The number of rotatable bonds is 15. The number of aliphatic hydroxyl groups excluding tert-OH is 2. The molecule has 28 heavy (non-hydrogen) atoms. The summed E-state index contributed by atoms with van der Waals surface area (Å²) in [5.41, 5.74) is 0. The van der Waals surface area contributed by atoms with Gasteiger partial charge >= 0.3 is 5.97 Å². The van der Waals surface area contributed by atoms with Gasteiger partial charge in [0, 0.05) is 20.6 Å². The zero-order valence-corrected chi connectivity index (χ0v) is 17.6. The Morgan fingerprint density at radius 2 is 1.25 bits per heavy atom. The molecule has 0 saturated heterocycles. The predicted octanol–water partition coefficient (Wildman–Crippen LogP) is 6.16. The van der Waals surface area contributed by atoms with Gasteiger partial charge in [-0.1, -0.05) is 82.7 Å². The highest BCUT2D eigenvalue weighted by molar-refractivity contribution is 5.65. The molecule has 0 aliphatic heterocycles. The van der Waals surface area contributed by atoms with Crippen molar-refractivity contribution in [3.8, 4) is 0 Å². The fraction of sp³-hybridized carbons (Fsp3) is 0.625. The SMILES string of the molecule is C.C=C/C=C\CCCCCCO.C=C/C=C\CCCCCCOC(C)=O.CO. The third-order valence-electron chi connectivity index (χ3n) is 3.39. The molecule has 0 atom stereocenters. The van der Waals surface area contributed by atoms with Gasteiger partial charge in [0.05, 0.1) is 6.61 Å². The quantitative estimate of drug-likeness (QED) is 0.197. The highest BCUT2D eigenvalue weighted by Gasteiger charge is 1.92. The number of ether oxygens (including phenoxy) is 1. The van der Waals surface area contributed by atoms with Crippen LogP contribution in [0.25, 0.3) is 0 Å². The van der Waals surface area contributed by atoms with E-state index in [9.17, 15) is 4.79 Å². The molecule has 0 aliphatic carbocycles. The number of esters is 1. The molecule has 0 heterocycles. The molecule has 166 valence electrons. The highest BCUT2D eigenvalue weighted by atomic mass is 16.5. The number of hydrogen-bond donors (Lipinski definition) is 2. The molecule has 0 unspecified atom stereocenters. The summed E-state index contributed by atoms with van der Waals surface area (Å²) < 4.78 is 4.82. The summed E-state index contributed by atoms with van der Waals surface area (Å²) in [5, 5.41) is 15.5. The van der Waals surface area contributed by atoms with Crippen molar-refractivity contribution in [3.05, 3.63) is 49.6 Å². The first-order valence-corrected chi connectivity index (χ1v) is 9.93. The van der Waals surface area contributed by atoms with Crippen molar-refractivity contribution >= 4 is 5.97 Å². The first kappa shape index (κ1) is 33.9. The molecule has 0 fully saturated rings. The minimum absolute atomic E-state index is 0. The van der Waals surface area contributed by atoms with Gasteiger partial charge in [0.25, 0.3) is 0 Å². The van der Waals surface area contributed by atoms with E-state index in [0.29, 0.717) is 13.2 Å². The molecular formula is C24H46O4.